The highest BCUT2D eigenvalue weighted by molar-refractivity contribution is 5.88. The van der Waals surface area contributed by atoms with Crippen LogP contribution in [0.25, 0.3) is 0 Å². The smallest absolute Gasteiger partial charge is 0.338 e. The third kappa shape index (κ3) is 2.74. The summed E-state index contributed by atoms with van der Waals surface area (Å²) in [5, 5.41) is 11.5. The molecule has 1 aromatic heterocycles. The molecule has 1 aromatic carbocycles. The van der Waals surface area contributed by atoms with Crippen LogP contribution in [-0.4, -0.2) is 16.1 Å². The molecule has 2 N–H and O–H groups in total. The number of benzene rings is 1. The van der Waals surface area contributed by atoms with Crippen molar-refractivity contribution >= 4 is 11.7 Å². The van der Waals surface area contributed by atoms with Crippen LogP contribution in [0, 0.1) is 11.6 Å². The van der Waals surface area contributed by atoms with Gasteiger partial charge in [0, 0.05) is 12.4 Å². The van der Waals surface area contributed by atoms with Gasteiger partial charge in [0.15, 0.2) is 11.6 Å². The number of nitrogens with zero attached hydrogens (tertiary/aromatic N) is 1. The lowest BCUT2D eigenvalue weighted by molar-refractivity contribution is 0.0690. The highest BCUT2D eigenvalue weighted by Crippen LogP contribution is 2.24. The largest absolute Gasteiger partial charge is 0.478 e. The number of aromatic nitrogens is 1. The van der Waals surface area contributed by atoms with Crippen LogP contribution < -0.4 is 5.32 Å². The molecule has 0 radical (unpaired) electrons. The summed E-state index contributed by atoms with van der Waals surface area (Å²) in [6.45, 7) is 1.76. The van der Waals surface area contributed by atoms with Crippen molar-refractivity contribution in [3.63, 3.8) is 0 Å². The van der Waals surface area contributed by atoms with Gasteiger partial charge in [-0.3, -0.25) is 4.98 Å². The highest BCUT2D eigenvalue weighted by atomic mass is 19.2. The van der Waals surface area contributed by atoms with E-state index in [1.165, 1.54) is 6.07 Å². The maximum atomic E-state index is 13.8. The lowest BCUT2D eigenvalue weighted by Crippen LogP contribution is -2.11. The number of pyridine rings is 1. The Balaban J connectivity index is 2.27. The van der Waals surface area contributed by atoms with Crippen LogP contribution in [-0.2, 0) is 0 Å². The first-order chi connectivity index (χ1) is 9.50. The molecule has 0 saturated carbocycles. The van der Waals surface area contributed by atoms with Crippen molar-refractivity contribution < 1.29 is 18.7 Å². The molecule has 1 unspecified atom stereocenters. The molecular weight excluding hydrogens is 266 g/mol. The number of halogens is 2. The fourth-order valence-corrected chi connectivity index (χ4v) is 1.77. The summed E-state index contributed by atoms with van der Waals surface area (Å²) in [6.07, 6.45) is 3.22. The van der Waals surface area contributed by atoms with E-state index in [-0.39, 0.29) is 11.7 Å². The average Bonchev–Trinajstić information content (AvgIpc) is 2.44. The van der Waals surface area contributed by atoms with Gasteiger partial charge >= 0.3 is 5.97 Å². The van der Waals surface area contributed by atoms with Crippen molar-refractivity contribution in [1.82, 2.24) is 4.98 Å². The Labute approximate surface area is 114 Å². The predicted octanol–water partition coefficient (Wildman–Crippen LogP) is 3.23. The van der Waals surface area contributed by atoms with Gasteiger partial charge in [0.05, 0.1) is 17.3 Å². The molecule has 1 heterocycles. The molecular formula is C14H12F2N2O2. The summed E-state index contributed by atoms with van der Waals surface area (Å²) in [5.41, 5.74) is 0.0144. The van der Waals surface area contributed by atoms with Crippen molar-refractivity contribution in [1.29, 1.82) is 0 Å². The zero-order valence-electron chi connectivity index (χ0n) is 10.6. The summed E-state index contributed by atoms with van der Waals surface area (Å²) < 4.78 is 27.3. The Kier molecular flexibility index (Phi) is 3.93. The summed E-state index contributed by atoms with van der Waals surface area (Å²) in [5.74, 6) is -4.09. The maximum Gasteiger partial charge on any atom is 0.338 e. The molecule has 2 rings (SSSR count). The van der Waals surface area contributed by atoms with E-state index in [0.29, 0.717) is 0 Å². The minimum atomic E-state index is -1.51. The van der Waals surface area contributed by atoms with Gasteiger partial charge in [0.2, 0.25) is 0 Å². The molecule has 0 aliphatic rings. The topological polar surface area (TPSA) is 62.2 Å². The molecule has 104 valence electrons. The predicted molar refractivity (Wildman–Crippen MR) is 69.6 cm³/mol. The number of rotatable bonds is 4. The SMILES string of the molecule is CC(Nc1ccc(C(=O)O)c(F)c1F)c1cccnc1. The quantitative estimate of drug-likeness (QED) is 0.901. The van der Waals surface area contributed by atoms with Gasteiger partial charge in [-0.25, -0.2) is 13.6 Å². The van der Waals surface area contributed by atoms with Crippen molar-refractivity contribution in [2.45, 2.75) is 13.0 Å². The van der Waals surface area contributed by atoms with Crippen LogP contribution in [0.1, 0.15) is 28.9 Å². The molecule has 0 aliphatic carbocycles. The zero-order valence-corrected chi connectivity index (χ0v) is 10.6. The molecule has 0 bridgehead atoms. The van der Waals surface area contributed by atoms with Crippen molar-refractivity contribution in [2.75, 3.05) is 5.32 Å². The first-order valence-electron chi connectivity index (χ1n) is 5.88. The van der Waals surface area contributed by atoms with Crippen molar-refractivity contribution in [3.8, 4) is 0 Å². The minimum Gasteiger partial charge on any atom is -0.478 e. The van der Waals surface area contributed by atoms with Gasteiger partial charge in [-0.05, 0) is 30.7 Å². The second-order valence-corrected chi connectivity index (χ2v) is 4.25. The van der Waals surface area contributed by atoms with E-state index in [1.54, 1.807) is 31.5 Å². The van der Waals surface area contributed by atoms with Gasteiger partial charge in [-0.2, -0.15) is 0 Å². The second-order valence-electron chi connectivity index (χ2n) is 4.25. The van der Waals surface area contributed by atoms with Crippen LogP contribution in [0.5, 0.6) is 0 Å². The van der Waals surface area contributed by atoms with E-state index in [9.17, 15) is 13.6 Å². The number of anilines is 1. The number of aromatic carboxylic acids is 1. The van der Waals surface area contributed by atoms with E-state index in [2.05, 4.69) is 10.3 Å². The number of nitrogens with one attached hydrogen (secondary N) is 1. The van der Waals surface area contributed by atoms with E-state index < -0.39 is 23.2 Å². The van der Waals surface area contributed by atoms with Gasteiger partial charge < -0.3 is 10.4 Å². The molecule has 0 saturated heterocycles. The lowest BCUT2D eigenvalue weighted by Gasteiger charge is -2.16. The standard InChI is InChI=1S/C14H12F2N2O2/c1-8(9-3-2-6-17-7-9)18-11-5-4-10(14(19)20)12(15)13(11)16/h2-8,18H,1H3,(H,19,20). The molecule has 0 spiro atoms. The van der Waals surface area contributed by atoms with Crippen LogP contribution >= 0.6 is 0 Å². The van der Waals surface area contributed by atoms with Crippen LogP contribution in [0.4, 0.5) is 14.5 Å². The summed E-state index contributed by atoms with van der Waals surface area (Å²) in [6, 6.07) is 5.46. The van der Waals surface area contributed by atoms with Crippen LogP contribution in [0.2, 0.25) is 0 Å². The van der Waals surface area contributed by atoms with Gasteiger partial charge in [0.25, 0.3) is 0 Å². The molecule has 1 atom stereocenters. The van der Waals surface area contributed by atoms with Crippen molar-refractivity contribution in [2.24, 2.45) is 0 Å². The number of carboxylic acid groups (broad SMARTS) is 1. The zero-order chi connectivity index (χ0) is 14.7. The fraction of sp³-hybridized carbons (Fsp3) is 0.143. The Bertz CT molecular complexity index is 633. The number of hydrogen-bond donors (Lipinski definition) is 2. The normalized spacial score (nSPS) is 11.9. The number of carbonyl (C=O) groups is 1. The van der Waals surface area contributed by atoms with Crippen molar-refractivity contribution in [3.05, 3.63) is 59.4 Å². The molecule has 4 nitrogen and oxygen atoms in total. The molecule has 6 heteroatoms. The Morgan fingerprint density at radius 2 is 2.05 bits per heavy atom. The van der Waals surface area contributed by atoms with E-state index in [1.807, 2.05) is 0 Å². The Morgan fingerprint density at radius 1 is 1.30 bits per heavy atom. The third-order valence-electron chi connectivity index (χ3n) is 2.87. The number of hydrogen-bond acceptors (Lipinski definition) is 3. The summed E-state index contributed by atoms with van der Waals surface area (Å²) in [4.78, 5) is 14.6. The van der Waals surface area contributed by atoms with E-state index in [4.69, 9.17) is 5.11 Å². The van der Waals surface area contributed by atoms with E-state index in [0.717, 1.165) is 11.6 Å². The minimum absolute atomic E-state index is 0.0937. The van der Waals surface area contributed by atoms with Gasteiger partial charge in [-0.15, -0.1) is 0 Å². The van der Waals surface area contributed by atoms with Gasteiger partial charge in [0.1, 0.15) is 0 Å². The summed E-state index contributed by atoms with van der Waals surface area (Å²) in [7, 11) is 0. The third-order valence-corrected chi connectivity index (χ3v) is 2.87. The molecule has 0 amide bonds. The van der Waals surface area contributed by atoms with E-state index >= 15 is 0 Å². The van der Waals surface area contributed by atoms with Crippen LogP contribution in [0.15, 0.2) is 36.7 Å². The maximum absolute atomic E-state index is 13.8. The lowest BCUT2D eigenvalue weighted by atomic mass is 10.1. The molecule has 0 aliphatic heterocycles. The van der Waals surface area contributed by atoms with Gasteiger partial charge in [-0.1, -0.05) is 6.07 Å². The summed E-state index contributed by atoms with van der Waals surface area (Å²) >= 11 is 0. The average molecular weight is 278 g/mol. The molecule has 0 fully saturated rings. The second kappa shape index (κ2) is 5.64. The number of carboxylic acids is 1. The fourth-order valence-electron chi connectivity index (χ4n) is 1.77. The van der Waals surface area contributed by atoms with Crippen LogP contribution in [0.3, 0.4) is 0 Å². The first-order valence-corrected chi connectivity index (χ1v) is 5.88. The molecule has 20 heavy (non-hydrogen) atoms. The molecule has 2 aromatic rings. The Morgan fingerprint density at radius 3 is 2.65 bits per heavy atom. The Hall–Kier alpha value is -2.50. The first kappa shape index (κ1) is 13.9. The highest BCUT2D eigenvalue weighted by Gasteiger charge is 2.19. The monoisotopic (exact) mass is 278 g/mol.